The van der Waals surface area contributed by atoms with Crippen molar-refractivity contribution < 1.29 is 9.21 Å². The first-order valence-corrected chi connectivity index (χ1v) is 10.4. The second-order valence-corrected chi connectivity index (χ2v) is 8.32. The lowest BCUT2D eigenvalue weighted by atomic mass is 10.1. The van der Waals surface area contributed by atoms with Crippen LogP contribution < -0.4 is 4.90 Å². The molecule has 3 aromatic rings. The Bertz CT molecular complexity index is 1100. The second-order valence-electron chi connectivity index (χ2n) is 6.21. The molecule has 4 rings (SSSR count). The van der Waals surface area contributed by atoms with Crippen molar-refractivity contribution in [2.45, 2.75) is 13.3 Å². The average molecular weight is 426 g/mol. The van der Waals surface area contributed by atoms with Gasteiger partial charge in [-0.05, 0) is 42.3 Å². The number of hydrogen-bond donors (Lipinski definition) is 0. The molecule has 3 nitrogen and oxygen atoms in total. The highest BCUT2D eigenvalue weighted by atomic mass is 35.5. The Morgan fingerprint density at radius 2 is 1.96 bits per heavy atom. The van der Waals surface area contributed by atoms with Gasteiger partial charge in [0.25, 0.3) is 5.91 Å². The summed E-state index contributed by atoms with van der Waals surface area (Å²) >= 11 is 12.8. The monoisotopic (exact) mass is 425 g/mol. The van der Waals surface area contributed by atoms with Gasteiger partial charge in [0.15, 0.2) is 4.32 Å². The summed E-state index contributed by atoms with van der Waals surface area (Å²) in [5, 5.41) is 0.644. The molecular formula is C22H16ClNO2S2. The quantitative estimate of drug-likeness (QED) is 0.349. The number of rotatable bonds is 4. The van der Waals surface area contributed by atoms with Gasteiger partial charge in [-0.15, -0.1) is 0 Å². The van der Waals surface area contributed by atoms with Crippen molar-refractivity contribution in [2.75, 3.05) is 4.90 Å². The summed E-state index contributed by atoms with van der Waals surface area (Å²) in [4.78, 5) is 15.1. The molecule has 0 saturated carbocycles. The maximum absolute atomic E-state index is 13.0. The zero-order valence-electron chi connectivity index (χ0n) is 15.0. The van der Waals surface area contributed by atoms with Crippen LogP contribution in [0.15, 0.2) is 70.0 Å². The van der Waals surface area contributed by atoms with Crippen molar-refractivity contribution >= 4 is 57.6 Å². The number of halogens is 1. The first kappa shape index (κ1) is 19.0. The van der Waals surface area contributed by atoms with Gasteiger partial charge in [0, 0.05) is 16.7 Å². The van der Waals surface area contributed by atoms with E-state index in [0.717, 1.165) is 23.2 Å². The SMILES string of the molecule is CCc1ccccc1N1C(=O)/C(=C\c2ccc(-c3cccc(Cl)c3)o2)SC1=S. The van der Waals surface area contributed by atoms with E-state index in [2.05, 4.69) is 6.92 Å². The van der Waals surface area contributed by atoms with Gasteiger partial charge >= 0.3 is 0 Å². The van der Waals surface area contributed by atoms with Gasteiger partial charge in [-0.25, -0.2) is 0 Å². The van der Waals surface area contributed by atoms with Crippen LogP contribution in [0.2, 0.25) is 5.02 Å². The van der Waals surface area contributed by atoms with E-state index < -0.39 is 0 Å². The molecule has 140 valence electrons. The topological polar surface area (TPSA) is 33.5 Å². The zero-order valence-corrected chi connectivity index (χ0v) is 17.4. The Morgan fingerprint density at radius 1 is 1.14 bits per heavy atom. The Hall–Kier alpha value is -2.34. The van der Waals surface area contributed by atoms with Gasteiger partial charge in [0.2, 0.25) is 0 Å². The lowest BCUT2D eigenvalue weighted by Crippen LogP contribution is -2.28. The Kier molecular flexibility index (Phi) is 5.40. The fourth-order valence-corrected chi connectivity index (χ4v) is 4.52. The molecule has 1 fully saturated rings. The molecule has 1 amide bonds. The molecule has 1 aliphatic rings. The first-order valence-electron chi connectivity index (χ1n) is 8.78. The third kappa shape index (κ3) is 3.65. The van der Waals surface area contributed by atoms with Gasteiger partial charge in [-0.1, -0.05) is 72.8 Å². The van der Waals surface area contributed by atoms with E-state index in [1.807, 2.05) is 60.7 Å². The smallest absolute Gasteiger partial charge is 0.270 e. The number of anilines is 1. The summed E-state index contributed by atoms with van der Waals surface area (Å²) in [5.41, 5.74) is 2.81. The predicted molar refractivity (Wildman–Crippen MR) is 121 cm³/mol. The highest BCUT2D eigenvalue weighted by molar-refractivity contribution is 8.27. The van der Waals surface area contributed by atoms with E-state index in [-0.39, 0.29) is 5.91 Å². The molecule has 0 unspecified atom stereocenters. The molecule has 1 aromatic heterocycles. The maximum atomic E-state index is 13.0. The molecule has 28 heavy (non-hydrogen) atoms. The van der Waals surface area contributed by atoms with Crippen LogP contribution in [0.1, 0.15) is 18.2 Å². The third-order valence-corrected chi connectivity index (χ3v) is 5.95. The fraction of sp³-hybridized carbons (Fsp3) is 0.0909. The minimum absolute atomic E-state index is 0.128. The number of thiocarbonyl (C=S) groups is 1. The number of furan rings is 1. The lowest BCUT2D eigenvalue weighted by molar-refractivity contribution is -0.113. The molecule has 1 aliphatic heterocycles. The number of benzene rings is 2. The van der Waals surface area contributed by atoms with Crippen LogP contribution in [0.4, 0.5) is 5.69 Å². The molecule has 6 heteroatoms. The van der Waals surface area contributed by atoms with Gasteiger partial charge in [-0.2, -0.15) is 0 Å². The molecule has 0 aliphatic carbocycles. The van der Waals surface area contributed by atoms with E-state index in [4.69, 9.17) is 28.2 Å². The Morgan fingerprint density at radius 3 is 2.75 bits per heavy atom. The van der Waals surface area contributed by atoms with Crippen LogP contribution in [0.3, 0.4) is 0 Å². The van der Waals surface area contributed by atoms with E-state index in [1.54, 1.807) is 11.0 Å². The maximum Gasteiger partial charge on any atom is 0.270 e. The number of carbonyl (C=O) groups excluding carboxylic acids is 1. The largest absolute Gasteiger partial charge is 0.457 e. The summed E-state index contributed by atoms with van der Waals surface area (Å²) in [6.07, 6.45) is 2.56. The number of carbonyl (C=O) groups is 1. The number of hydrogen-bond acceptors (Lipinski definition) is 4. The molecule has 1 saturated heterocycles. The van der Waals surface area contributed by atoms with Crippen LogP contribution in [0.5, 0.6) is 0 Å². The molecule has 0 radical (unpaired) electrons. The summed E-state index contributed by atoms with van der Waals surface area (Å²) in [5.74, 6) is 1.16. The predicted octanol–water partition coefficient (Wildman–Crippen LogP) is 6.57. The van der Waals surface area contributed by atoms with Gasteiger partial charge in [0.05, 0.1) is 10.6 Å². The van der Waals surface area contributed by atoms with Crippen LogP contribution in [0.25, 0.3) is 17.4 Å². The third-order valence-electron chi connectivity index (χ3n) is 4.42. The van der Waals surface area contributed by atoms with Crippen molar-refractivity contribution in [3.05, 3.63) is 81.9 Å². The van der Waals surface area contributed by atoms with Crippen LogP contribution in [-0.2, 0) is 11.2 Å². The van der Waals surface area contributed by atoms with Crippen molar-refractivity contribution in [1.29, 1.82) is 0 Å². The molecule has 0 bridgehead atoms. The van der Waals surface area contributed by atoms with E-state index in [0.29, 0.717) is 25.8 Å². The van der Waals surface area contributed by atoms with Crippen molar-refractivity contribution in [3.8, 4) is 11.3 Å². The fourth-order valence-electron chi connectivity index (χ4n) is 3.06. The number of nitrogens with zero attached hydrogens (tertiary/aromatic N) is 1. The summed E-state index contributed by atoms with van der Waals surface area (Å²) in [6, 6.07) is 19.0. The summed E-state index contributed by atoms with van der Waals surface area (Å²) in [6.45, 7) is 2.06. The minimum atomic E-state index is -0.128. The van der Waals surface area contributed by atoms with E-state index >= 15 is 0 Å². The van der Waals surface area contributed by atoms with Crippen LogP contribution in [0, 0.1) is 0 Å². The highest BCUT2D eigenvalue weighted by Gasteiger charge is 2.34. The standard InChI is InChI=1S/C22H16ClNO2S2/c1-2-14-6-3-4-9-18(14)24-21(25)20(28-22(24)27)13-17-10-11-19(26-17)15-7-5-8-16(23)12-15/h3-13H,2H2,1H3/b20-13+. The molecule has 2 heterocycles. The highest BCUT2D eigenvalue weighted by Crippen LogP contribution is 2.38. The number of para-hydroxylation sites is 1. The van der Waals surface area contributed by atoms with Crippen LogP contribution >= 0.6 is 35.6 Å². The minimum Gasteiger partial charge on any atom is -0.457 e. The average Bonchev–Trinajstić information content (AvgIpc) is 3.27. The molecule has 0 atom stereocenters. The number of thioether (sulfide) groups is 1. The van der Waals surface area contributed by atoms with Gasteiger partial charge in [-0.3, -0.25) is 9.69 Å². The number of aryl methyl sites for hydroxylation is 1. The first-order chi connectivity index (χ1) is 13.6. The molecule has 0 spiro atoms. The van der Waals surface area contributed by atoms with E-state index in [9.17, 15) is 4.79 Å². The normalized spacial score (nSPS) is 15.6. The van der Waals surface area contributed by atoms with Crippen molar-refractivity contribution in [2.24, 2.45) is 0 Å². The molecule has 2 aromatic carbocycles. The number of amides is 1. The van der Waals surface area contributed by atoms with Crippen LogP contribution in [-0.4, -0.2) is 10.2 Å². The molecular weight excluding hydrogens is 410 g/mol. The molecule has 0 N–H and O–H groups in total. The zero-order chi connectivity index (χ0) is 19.7. The van der Waals surface area contributed by atoms with Gasteiger partial charge in [0.1, 0.15) is 11.5 Å². The lowest BCUT2D eigenvalue weighted by Gasteiger charge is -2.17. The Balaban J connectivity index is 1.63. The van der Waals surface area contributed by atoms with Crippen molar-refractivity contribution in [3.63, 3.8) is 0 Å². The summed E-state index contributed by atoms with van der Waals surface area (Å²) < 4.78 is 6.42. The van der Waals surface area contributed by atoms with Gasteiger partial charge < -0.3 is 4.42 Å². The van der Waals surface area contributed by atoms with Crippen molar-refractivity contribution in [1.82, 2.24) is 0 Å². The second kappa shape index (κ2) is 7.95. The summed E-state index contributed by atoms with van der Waals surface area (Å²) in [7, 11) is 0. The Labute approximate surface area is 178 Å². The van der Waals surface area contributed by atoms with E-state index in [1.165, 1.54) is 11.8 Å².